The zero-order valence-corrected chi connectivity index (χ0v) is 13.5. The lowest BCUT2D eigenvalue weighted by Gasteiger charge is -2.18. The van der Waals surface area contributed by atoms with Gasteiger partial charge < -0.3 is 10.6 Å². The third-order valence-electron chi connectivity index (χ3n) is 3.94. The SMILES string of the molecule is Cc1ccccc1C(C)NC(=O)NCC(C)c1ccccc1. The van der Waals surface area contributed by atoms with E-state index < -0.39 is 0 Å². The molecule has 116 valence electrons. The summed E-state index contributed by atoms with van der Waals surface area (Å²) in [6, 6.07) is 18.2. The number of carbonyl (C=O) groups excluding carboxylic acids is 1. The molecule has 2 aromatic carbocycles. The molecular weight excluding hydrogens is 272 g/mol. The summed E-state index contributed by atoms with van der Waals surface area (Å²) in [5.41, 5.74) is 3.57. The number of hydrogen-bond acceptors (Lipinski definition) is 1. The second kappa shape index (κ2) is 7.64. The van der Waals surface area contributed by atoms with Crippen molar-refractivity contribution in [2.75, 3.05) is 6.54 Å². The van der Waals surface area contributed by atoms with Crippen LogP contribution in [0.5, 0.6) is 0 Å². The van der Waals surface area contributed by atoms with Crippen LogP contribution in [0.25, 0.3) is 0 Å². The monoisotopic (exact) mass is 296 g/mol. The van der Waals surface area contributed by atoms with Crippen LogP contribution in [-0.4, -0.2) is 12.6 Å². The minimum atomic E-state index is -0.126. The highest BCUT2D eigenvalue weighted by atomic mass is 16.2. The van der Waals surface area contributed by atoms with Gasteiger partial charge in [-0.25, -0.2) is 4.79 Å². The van der Waals surface area contributed by atoms with Crippen LogP contribution in [0, 0.1) is 6.92 Å². The number of rotatable bonds is 5. The van der Waals surface area contributed by atoms with Crippen LogP contribution >= 0.6 is 0 Å². The van der Waals surface area contributed by atoms with Crippen LogP contribution in [0.4, 0.5) is 4.79 Å². The van der Waals surface area contributed by atoms with Gasteiger partial charge in [-0.1, -0.05) is 61.5 Å². The molecule has 2 N–H and O–H groups in total. The van der Waals surface area contributed by atoms with E-state index in [0.717, 1.165) is 5.56 Å². The molecule has 2 rings (SSSR count). The summed E-state index contributed by atoms with van der Waals surface area (Å²) in [5.74, 6) is 0.292. The fraction of sp³-hybridized carbons (Fsp3) is 0.316. The highest BCUT2D eigenvalue weighted by molar-refractivity contribution is 5.74. The molecule has 22 heavy (non-hydrogen) atoms. The third-order valence-corrected chi connectivity index (χ3v) is 3.94. The average Bonchev–Trinajstić information content (AvgIpc) is 2.53. The van der Waals surface area contributed by atoms with Gasteiger partial charge in [0, 0.05) is 6.54 Å². The van der Waals surface area contributed by atoms with E-state index in [1.165, 1.54) is 11.1 Å². The quantitative estimate of drug-likeness (QED) is 0.854. The Hall–Kier alpha value is -2.29. The minimum absolute atomic E-state index is 0.00627. The molecule has 3 nitrogen and oxygen atoms in total. The Morgan fingerprint density at radius 2 is 1.64 bits per heavy atom. The van der Waals surface area contributed by atoms with Crippen LogP contribution in [0.1, 0.15) is 42.5 Å². The Labute approximate surface area is 132 Å². The van der Waals surface area contributed by atoms with Gasteiger partial charge in [-0.2, -0.15) is 0 Å². The first-order chi connectivity index (χ1) is 10.6. The number of benzene rings is 2. The molecule has 2 aromatic rings. The Bertz CT molecular complexity index is 610. The van der Waals surface area contributed by atoms with Crippen molar-refractivity contribution in [1.29, 1.82) is 0 Å². The number of hydrogen-bond donors (Lipinski definition) is 2. The van der Waals surface area contributed by atoms with Gasteiger partial charge in [0.1, 0.15) is 0 Å². The topological polar surface area (TPSA) is 41.1 Å². The molecule has 2 amide bonds. The maximum absolute atomic E-state index is 12.1. The van der Waals surface area contributed by atoms with Crippen molar-refractivity contribution in [2.45, 2.75) is 32.7 Å². The number of aryl methyl sites for hydroxylation is 1. The number of amides is 2. The molecule has 3 heteroatoms. The predicted octanol–water partition coefficient (Wildman–Crippen LogP) is 4.16. The molecule has 0 fully saturated rings. The molecule has 0 radical (unpaired) electrons. The molecule has 0 saturated carbocycles. The maximum atomic E-state index is 12.1. The number of urea groups is 1. The number of nitrogens with one attached hydrogen (secondary N) is 2. The van der Waals surface area contributed by atoms with Gasteiger partial charge in [0.05, 0.1) is 6.04 Å². The lowest BCUT2D eigenvalue weighted by molar-refractivity contribution is 0.237. The van der Waals surface area contributed by atoms with Gasteiger partial charge >= 0.3 is 6.03 Å². The molecule has 0 aliphatic heterocycles. The summed E-state index contributed by atoms with van der Waals surface area (Å²) in [7, 11) is 0. The molecule has 2 unspecified atom stereocenters. The molecule has 0 bridgehead atoms. The average molecular weight is 296 g/mol. The van der Waals surface area contributed by atoms with Gasteiger partial charge in [-0.15, -0.1) is 0 Å². The first kappa shape index (κ1) is 16.1. The molecule has 0 aliphatic rings. The Morgan fingerprint density at radius 1 is 1.00 bits per heavy atom. The molecule has 2 atom stereocenters. The molecular formula is C19H24N2O. The van der Waals surface area contributed by atoms with Crippen molar-refractivity contribution in [3.63, 3.8) is 0 Å². The van der Waals surface area contributed by atoms with E-state index >= 15 is 0 Å². The van der Waals surface area contributed by atoms with Gasteiger partial charge in [-0.05, 0) is 36.5 Å². The fourth-order valence-corrected chi connectivity index (χ4v) is 2.54. The lowest BCUT2D eigenvalue weighted by Crippen LogP contribution is -2.38. The third kappa shape index (κ3) is 4.35. The smallest absolute Gasteiger partial charge is 0.315 e. The second-order valence-electron chi connectivity index (χ2n) is 5.74. The Balaban J connectivity index is 1.84. The Kier molecular flexibility index (Phi) is 5.59. The predicted molar refractivity (Wildman–Crippen MR) is 91.0 cm³/mol. The van der Waals surface area contributed by atoms with Crippen LogP contribution in [0.3, 0.4) is 0 Å². The molecule has 0 aliphatic carbocycles. The lowest BCUT2D eigenvalue weighted by atomic mass is 10.0. The van der Waals surface area contributed by atoms with Crippen LogP contribution in [0.15, 0.2) is 54.6 Å². The molecule has 0 aromatic heterocycles. The van der Waals surface area contributed by atoms with Gasteiger partial charge in [0.15, 0.2) is 0 Å². The summed E-state index contributed by atoms with van der Waals surface area (Å²) in [5, 5.41) is 5.94. The van der Waals surface area contributed by atoms with Crippen LogP contribution in [-0.2, 0) is 0 Å². The van der Waals surface area contributed by atoms with E-state index in [4.69, 9.17) is 0 Å². The summed E-state index contributed by atoms with van der Waals surface area (Å²) in [6.45, 7) is 6.79. The summed E-state index contributed by atoms with van der Waals surface area (Å²) in [4.78, 5) is 12.1. The largest absolute Gasteiger partial charge is 0.338 e. The highest BCUT2D eigenvalue weighted by Gasteiger charge is 2.12. The van der Waals surface area contributed by atoms with E-state index in [9.17, 15) is 4.79 Å². The van der Waals surface area contributed by atoms with Gasteiger partial charge in [-0.3, -0.25) is 0 Å². The van der Waals surface area contributed by atoms with E-state index in [2.05, 4.69) is 42.7 Å². The molecule has 0 saturated heterocycles. The van der Waals surface area contributed by atoms with Crippen molar-refractivity contribution in [2.24, 2.45) is 0 Å². The van der Waals surface area contributed by atoms with Crippen molar-refractivity contribution in [3.8, 4) is 0 Å². The summed E-state index contributed by atoms with van der Waals surface area (Å²) >= 11 is 0. The molecule has 0 spiro atoms. The highest BCUT2D eigenvalue weighted by Crippen LogP contribution is 2.16. The van der Waals surface area contributed by atoms with Crippen LogP contribution < -0.4 is 10.6 Å². The normalized spacial score (nSPS) is 13.2. The maximum Gasteiger partial charge on any atom is 0.315 e. The fourth-order valence-electron chi connectivity index (χ4n) is 2.54. The van der Waals surface area contributed by atoms with E-state index in [1.54, 1.807) is 0 Å². The van der Waals surface area contributed by atoms with E-state index in [0.29, 0.717) is 12.5 Å². The first-order valence-corrected chi connectivity index (χ1v) is 7.72. The van der Waals surface area contributed by atoms with E-state index in [1.807, 2.05) is 43.3 Å². The van der Waals surface area contributed by atoms with Gasteiger partial charge in [0.2, 0.25) is 0 Å². The minimum Gasteiger partial charge on any atom is -0.338 e. The zero-order valence-electron chi connectivity index (χ0n) is 13.5. The molecule has 0 heterocycles. The van der Waals surface area contributed by atoms with E-state index in [-0.39, 0.29) is 12.1 Å². The van der Waals surface area contributed by atoms with Crippen molar-refractivity contribution in [3.05, 3.63) is 71.3 Å². The Morgan fingerprint density at radius 3 is 2.32 bits per heavy atom. The standard InChI is InChI=1S/C19H24N2O/c1-14-9-7-8-12-18(14)16(3)21-19(22)20-13-15(2)17-10-5-4-6-11-17/h4-12,15-16H,13H2,1-3H3,(H2,20,21,22). The number of carbonyl (C=O) groups is 1. The van der Waals surface area contributed by atoms with Crippen LogP contribution in [0.2, 0.25) is 0 Å². The second-order valence-corrected chi connectivity index (χ2v) is 5.74. The first-order valence-electron chi connectivity index (χ1n) is 7.72. The summed E-state index contributed by atoms with van der Waals surface area (Å²) < 4.78 is 0. The summed E-state index contributed by atoms with van der Waals surface area (Å²) in [6.07, 6.45) is 0. The van der Waals surface area contributed by atoms with Crippen molar-refractivity contribution in [1.82, 2.24) is 10.6 Å². The van der Waals surface area contributed by atoms with Crippen molar-refractivity contribution >= 4 is 6.03 Å². The zero-order chi connectivity index (χ0) is 15.9. The van der Waals surface area contributed by atoms with Gasteiger partial charge in [0.25, 0.3) is 0 Å². The van der Waals surface area contributed by atoms with Crippen molar-refractivity contribution < 1.29 is 4.79 Å².